The number of nitrogens with one attached hydrogen (secondary N) is 1. The van der Waals surface area contributed by atoms with E-state index in [2.05, 4.69) is 37.3 Å². The van der Waals surface area contributed by atoms with Crippen molar-refractivity contribution in [2.75, 3.05) is 6.54 Å². The van der Waals surface area contributed by atoms with Crippen LogP contribution < -0.4 is 5.32 Å². The Labute approximate surface area is 85.9 Å². The predicted molar refractivity (Wildman–Crippen MR) is 57.2 cm³/mol. The maximum absolute atomic E-state index is 4.25. The van der Waals surface area contributed by atoms with Crippen LogP contribution in [0.15, 0.2) is 12.3 Å². The molecule has 0 radical (unpaired) electrons. The maximum Gasteiger partial charge on any atom is 0.0525 e. The third-order valence-corrected chi connectivity index (χ3v) is 1.80. The Morgan fingerprint density at radius 2 is 2.23 bits per heavy atom. The third-order valence-electron chi connectivity index (χ3n) is 1.80. The largest absolute Gasteiger partial charge is 0.311 e. The van der Waals surface area contributed by atoms with Crippen LogP contribution in [-0.2, 0) is 6.54 Å². The molecule has 1 N–H and O–H groups in total. The van der Waals surface area contributed by atoms with Crippen LogP contribution in [0.4, 0.5) is 0 Å². The SMILES string of the molecule is CCNCc1ccnn1C(C)C.Cl. The van der Waals surface area contributed by atoms with Crippen LogP contribution in [0.2, 0.25) is 0 Å². The lowest BCUT2D eigenvalue weighted by molar-refractivity contribution is 0.498. The van der Waals surface area contributed by atoms with E-state index >= 15 is 0 Å². The van der Waals surface area contributed by atoms with E-state index in [4.69, 9.17) is 0 Å². The van der Waals surface area contributed by atoms with Crippen molar-refractivity contribution in [3.8, 4) is 0 Å². The van der Waals surface area contributed by atoms with Gasteiger partial charge < -0.3 is 5.32 Å². The standard InChI is InChI=1S/C9H17N3.ClH/c1-4-10-7-9-5-6-11-12(9)8(2)3;/h5-6,8,10H,4,7H2,1-3H3;1H. The minimum atomic E-state index is 0. The molecule has 0 aliphatic carbocycles. The molecule has 0 atom stereocenters. The summed E-state index contributed by atoms with van der Waals surface area (Å²) in [5.41, 5.74) is 1.26. The fraction of sp³-hybridized carbons (Fsp3) is 0.667. The van der Waals surface area contributed by atoms with E-state index in [1.54, 1.807) is 0 Å². The van der Waals surface area contributed by atoms with E-state index in [-0.39, 0.29) is 12.4 Å². The van der Waals surface area contributed by atoms with Gasteiger partial charge in [-0.3, -0.25) is 4.68 Å². The first kappa shape index (κ1) is 12.5. The summed E-state index contributed by atoms with van der Waals surface area (Å²) in [6.45, 7) is 8.30. The molecule has 13 heavy (non-hydrogen) atoms. The first-order chi connectivity index (χ1) is 5.75. The van der Waals surface area contributed by atoms with Gasteiger partial charge in [-0.25, -0.2) is 0 Å². The Bertz CT molecular complexity index is 233. The Kier molecular flexibility index (Phi) is 5.75. The average molecular weight is 204 g/mol. The molecule has 1 rings (SSSR count). The van der Waals surface area contributed by atoms with E-state index in [1.807, 2.05) is 10.9 Å². The first-order valence-electron chi connectivity index (χ1n) is 4.48. The minimum Gasteiger partial charge on any atom is -0.311 e. The van der Waals surface area contributed by atoms with Crippen LogP contribution >= 0.6 is 12.4 Å². The molecule has 1 aromatic heterocycles. The fourth-order valence-electron chi connectivity index (χ4n) is 1.20. The molecule has 0 fully saturated rings. The number of nitrogens with zero attached hydrogens (tertiary/aromatic N) is 2. The van der Waals surface area contributed by atoms with Gasteiger partial charge in [0.25, 0.3) is 0 Å². The van der Waals surface area contributed by atoms with Gasteiger partial charge in [0.2, 0.25) is 0 Å². The van der Waals surface area contributed by atoms with Crippen LogP contribution in [-0.4, -0.2) is 16.3 Å². The zero-order valence-electron chi connectivity index (χ0n) is 8.45. The highest BCUT2D eigenvalue weighted by Crippen LogP contribution is 2.06. The lowest BCUT2D eigenvalue weighted by atomic mass is 10.3. The minimum absolute atomic E-state index is 0. The first-order valence-corrected chi connectivity index (χ1v) is 4.48. The Morgan fingerprint density at radius 3 is 2.77 bits per heavy atom. The zero-order chi connectivity index (χ0) is 8.97. The fourth-order valence-corrected chi connectivity index (χ4v) is 1.20. The zero-order valence-corrected chi connectivity index (χ0v) is 9.27. The second-order valence-corrected chi connectivity index (χ2v) is 3.14. The molecule has 0 amide bonds. The van der Waals surface area contributed by atoms with Gasteiger partial charge >= 0.3 is 0 Å². The van der Waals surface area contributed by atoms with Crippen molar-refractivity contribution in [3.05, 3.63) is 18.0 Å². The Morgan fingerprint density at radius 1 is 1.54 bits per heavy atom. The Hall–Kier alpha value is -0.540. The van der Waals surface area contributed by atoms with Crippen molar-refractivity contribution in [1.29, 1.82) is 0 Å². The average Bonchev–Trinajstić information content (AvgIpc) is 2.48. The number of aromatic nitrogens is 2. The summed E-state index contributed by atoms with van der Waals surface area (Å²) in [6.07, 6.45) is 1.85. The lowest BCUT2D eigenvalue weighted by Gasteiger charge is -2.10. The van der Waals surface area contributed by atoms with Crippen molar-refractivity contribution in [2.45, 2.75) is 33.4 Å². The molecule has 0 aromatic carbocycles. The van der Waals surface area contributed by atoms with Gasteiger partial charge in [0.1, 0.15) is 0 Å². The molecule has 0 saturated heterocycles. The van der Waals surface area contributed by atoms with Crippen LogP contribution in [0.25, 0.3) is 0 Å². The number of rotatable bonds is 4. The topological polar surface area (TPSA) is 29.9 Å². The molecule has 0 aliphatic rings. The summed E-state index contributed by atoms with van der Waals surface area (Å²) >= 11 is 0. The molecule has 0 unspecified atom stereocenters. The number of halogens is 1. The summed E-state index contributed by atoms with van der Waals surface area (Å²) in [4.78, 5) is 0. The lowest BCUT2D eigenvalue weighted by Crippen LogP contribution is -2.17. The molecule has 0 spiro atoms. The van der Waals surface area contributed by atoms with E-state index < -0.39 is 0 Å². The summed E-state index contributed by atoms with van der Waals surface area (Å²) in [5.74, 6) is 0. The van der Waals surface area contributed by atoms with Gasteiger partial charge in [-0.2, -0.15) is 5.10 Å². The number of hydrogen-bond donors (Lipinski definition) is 1. The van der Waals surface area contributed by atoms with Crippen molar-refractivity contribution in [2.24, 2.45) is 0 Å². The van der Waals surface area contributed by atoms with Gasteiger partial charge in [0.15, 0.2) is 0 Å². The van der Waals surface area contributed by atoms with Crippen molar-refractivity contribution < 1.29 is 0 Å². The summed E-state index contributed by atoms with van der Waals surface area (Å²) in [7, 11) is 0. The molecule has 1 aromatic rings. The van der Waals surface area contributed by atoms with Gasteiger partial charge in [-0.15, -0.1) is 12.4 Å². The maximum atomic E-state index is 4.25. The molecule has 0 aliphatic heterocycles. The highest BCUT2D eigenvalue weighted by Gasteiger charge is 2.03. The highest BCUT2D eigenvalue weighted by molar-refractivity contribution is 5.85. The Balaban J connectivity index is 0.00000144. The van der Waals surface area contributed by atoms with Crippen LogP contribution in [0.5, 0.6) is 0 Å². The van der Waals surface area contributed by atoms with E-state index in [0.717, 1.165) is 13.1 Å². The highest BCUT2D eigenvalue weighted by atomic mass is 35.5. The molecule has 76 valence electrons. The smallest absolute Gasteiger partial charge is 0.0525 e. The molecule has 3 nitrogen and oxygen atoms in total. The molecule has 0 saturated carbocycles. The molecule has 1 heterocycles. The normalized spacial score (nSPS) is 10.2. The number of hydrogen-bond acceptors (Lipinski definition) is 2. The van der Waals surface area contributed by atoms with Crippen LogP contribution in [0.1, 0.15) is 32.5 Å². The second-order valence-electron chi connectivity index (χ2n) is 3.14. The van der Waals surface area contributed by atoms with Gasteiger partial charge in [0, 0.05) is 18.8 Å². The molecule has 4 heteroatoms. The quantitative estimate of drug-likeness (QED) is 0.812. The molecular weight excluding hydrogens is 186 g/mol. The van der Waals surface area contributed by atoms with Crippen molar-refractivity contribution in [1.82, 2.24) is 15.1 Å². The molecular formula is C9H18ClN3. The summed E-state index contributed by atoms with van der Waals surface area (Å²) < 4.78 is 2.04. The van der Waals surface area contributed by atoms with Crippen LogP contribution in [0.3, 0.4) is 0 Å². The summed E-state index contributed by atoms with van der Waals surface area (Å²) in [6, 6.07) is 2.51. The predicted octanol–water partition coefficient (Wildman–Crippen LogP) is 2.00. The summed E-state index contributed by atoms with van der Waals surface area (Å²) in [5, 5.41) is 7.53. The van der Waals surface area contributed by atoms with Crippen molar-refractivity contribution in [3.63, 3.8) is 0 Å². The molecule has 0 bridgehead atoms. The van der Waals surface area contributed by atoms with E-state index in [0.29, 0.717) is 6.04 Å². The second kappa shape index (κ2) is 6.00. The van der Waals surface area contributed by atoms with Gasteiger partial charge in [0.05, 0.1) is 5.69 Å². The van der Waals surface area contributed by atoms with Crippen molar-refractivity contribution >= 4 is 12.4 Å². The van der Waals surface area contributed by atoms with E-state index in [9.17, 15) is 0 Å². The van der Waals surface area contributed by atoms with Crippen LogP contribution in [0, 0.1) is 0 Å². The van der Waals surface area contributed by atoms with E-state index in [1.165, 1.54) is 5.69 Å². The van der Waals surface area contributed by atoms with Gasteiger partial charge in [-0.1, -0.05) is 6.92 Å². The third kappa shape index (κ3) is 3.36. The monoisotopic (exact) mass is 203 g/mol. The van der Waals surface area contributed by atoms with Gasteiger partial charge in [-0.05, 0) is 26.5 Å².